The Morgan fingerprint density at radius 3 is 2.22 bits per heavy atom. The number of aliphatic carboxylic acids is 1. The fourth-order valence-electron chi connectivity index (χ4n) is 2.90. The Morgan fingerprint density at radius 2 is 1.78 bits per heavy atom. The van der Waals surface area contributed by atoms with Crippen molar-refractivity contribution in [2.75, 3.05) is 6.54 Å². The summed E-state index contributed by atoms with van der Waals surface area (Å²) in [5, 5.41) is 11.9. The van der Waals surface area contributed by atoms with Crippen LogP contribution in [0.25, 0.3) is 0 Å². The minimum absolute atomic E-state index is 0.167. The van der Waals surface area contributed by atoms with E-state index in [1.165, 1.54) is 0 Å². The van der Waals surface area contributed by atoms with Crippen molar-refractivity contribution in [1.29, 1.82) is 0 Å². The molecule has 2 aliphatic carbocycles. The van der Waals surface area contributed by atoms with Crippen LogP contribution in [0.3, 0.4) is 0 Å². The first-order valence-electron chi connectivity index (χ1n) is 6.90. The second kappa shape index (κ2) is 4.90. The summed E-state index contributed by atoms with van der Waals surface area (Å²) in [6, 6.07) is 0. The molecule has 0 radical (unpaired) electrons. The second-order valence-corrected chi connectivity index (χ2v) is 6.55. The van der Waals surface area contributed by atoms with Gasteiger partial charge in [-0.05, 0) is 43.4 Å². The molecule has 0 bridgehead atoms. The molecular formula is C14H23NO3. The van der Waals surface area contributed by atoms with Crippen LogP contribution in [0.15, 0.2) is 0 Å². The van der Waals surface area contributed by atoms with Gasteiger partial charge < -0.3 is 10.4 Å². The molecule has 0 spiro atoms. The van der Waals surface area contributed by atoms with Crippen LogP contribution in [0, 0.1) is 23.2 Å². The Kier molecular flexibility index (Phi) is 3.64. The number of hydrogen-bond acceptors (Lipinski definition) is 2. The molecule has 2 saturated carbocycles. The number of carbonyl (C=O) groups is 2. The minimum Gasteiger partial charge on any atom is -0.481 e. The summed E-state index contributed by atoms with van der Waals surface area (Å²) in [5.74, 6) is -0.00355. The van der Waals surface area contributed by atoms with Gasteiger partial charge in [0.25, 0.3) is 0 Å². The lowest BCUT2D eigenvalue weighted by molar-refractivity contribution is -0.143. The van der Waals surface area contributed by atoms with Crippen molar-refractivity contribution in [3.05, 3.63) is 0 Å². The third kappa shape index (κ3) is 3.03. The van der Waals surface area contributed by atoms with Crippen molar-refractivity contribution in [2.45, 2.75) is 46.0 Å². The first kappa shape index (κ1) is 13.4. The van der Waals surface area contributed by atoms with Gasteiger partial charge in [-0.25, -0.2) is 0 Å². The van der Waals surface area contributed by atoms with Crippen molar-refractivity contribution < 1.29 is 14.7 Å². The molecule has 102 valence electrons. The van der Waals surface area contributed by atoms with Gasteiger partial charge in [-0.3, -0.25) is 9.59 Å². The van der Waals surface area contributed by atoms with Crippen LogP contribution in [-0.4, -0.2) is 23.5 Å². The molecule has 1 atom stereocenters. The Morgan fingerprint density at radius 1 is 1.22 bits per heavy atom. The molecule has 2 fully saturated rings. The monoisotopic (exact) mass is 253 g/mol. The molecule has 2 N–H and O–H groups in total. The second-order valence-electron chi connectivity index (χ2n) is 6.55. The molecule has 0 aromatic heterocycles. The third-order valence-electron chi connectivity index (χ3n) is 4.59. The van der Waals surface area contributed by atoms with Crippen LogP contribution >= 0.6 is 0 Å². The maximum atomic E-state index is 11.8. The lowest BCUT2D eigenvalue weighted by Gasteiger charge is -2.26. The minimum atomic E-state index is -0.669. The van der Waals surface area contributed by atoms with Gasteiger partial charge >= 0.3 is 5.97 Å². The van der Waals surface area contributed by atoms with E-state index in [2.05, 4.69) is 19.2 Å². The van der Waals surface area contributed by atoms with Crippen molar-refractivity contribution >= 4 is 11.9 Å². The van der Waals surface area contributed by atoms with Crippen molar-refractivity contribution in [3.8, 4) is 0 Å². The molecule has 0 heterocycles. The van der Waals surface area contributed by atoms with Crippen LogP contribution in [0.4, 0.5) is 0 Å². The van der Waals surface area contributed by atoms with Gasteiger partial charge in [-0.2, -0.15) is 0 Å². The summed E-state index contributed by atoms with van der Waals surface area (Å²) >= 11 is 0. The largest absolute Gasteiger partial charge is 0.481 e. The number of hydrogen-bond donors (Lipinski definition) is 2. The number of carboxylic acid groups (broad SMARTS) is 1. The lowest BCUT2D eigenvalue weighted by atomic mass is 9.82. The van der Waals surface area contributed by atoms with E-state index >= 15 is 0 Å². The fraction of sp³-hybridized carbons (Fsp3) is 0.857. The van der Waals surface area contributed by atoms with E-state index in [1.54, 1.807) is 0 Å². The van der Waals surface area contributed by atoms with E-state index in [1.807, 2.05) is 0 Å². The Bertz CT molecular complexity index is 343. The van der Waals surface area contributed by atoms with E-state index in [4.69, 9.17) is 5.11 Å². The Balaban J connectivity index is 1.67. The molecule has 0 aliphatic heterocycles. The highest BCUT2D eigenvalue weighted by molar-refractivity contribution is 5.82. The number of nitrogens with one attached hydrogen (secondary N) is 1. The van der Waals surface area contributed by atoms with E-state index in [0.717, 1.165) is 38.6 Å². The first-order valence-corrected chi connectivity index (χ1v) is 6.90. The molecule has 18 heavy (non-hydrogen) atoms. The summed E-state index contributed by atoms with van der Waals surface area (Å²) in [6.45, 7) is 4.96. The quantitative estimate of drug-likeness (QED) is 0.805. The molecule has 2 rings (SSSR count). The standard InChI is InChI=1S/C14H23NO3/c1-14(2)7-11(14)12(16)15-8-9-3-5-10(6-4-9)13(17)18/h9-11H,3-8H2,1-2H3,(H,15,16)(H,17,18). The maximum Gasteiger partial charge on any atom is 0.306 e. The van der Waals surface area contributed by atoms with E-state index in [-0.39, 0.29) is 23.2 Å². The van der Waals surface area contributed by atoms with Crippen LogP contribution in [-0.2, 0) is 9.59 Å². The van der Waals surface area contributed by atoms with Crippen LogP contribution in [0.1, 0.15) is 46.0 Å². The van der Waals surface area contributed by atoms with Gasteiger partial charge in [-0.15, -0.1) is 0 Å². The molecular weight excluding hydrogens is 230 g/mol. The van der Waals surface area contributed by atoms with Gasteiger partial charge in [0.05, 0.1) is 5.92 Å². The van der Waals surface area contributed by atoms with Gasteiger partial charge in [0.2, 0.25) is 5.91 Å². The van der Waals surface area contributed by atoms with Gasteiger partial charge in [-0.1, -0.05) is 13.8 Å². The molecule has 0 aromatic carbocycles. The highest BCUT2D eigenvalue weighted by Crippen LogP contribution is 2.51. The van der Waals surface area contributed by atoms with Crippen LogP contribution < -0.4 is 5.32 Å². The van der Waals surface area contributed by atoms with Gasteiger partial charge in [0.15, 0.2) is 0 Å². The zero-order chi connectivity index (χ0) is 13.3. The predicted octanol–water partition coefficient (Wildman–Crippen LogP) is 2.04. The molecule has 1 unspecified atom stereocenters. The summed E-state index contributed by atoms with van der Waals surface area (Å²) in [5.41, 5.74) is 0.186. The average molecular weight is 253 g/mol. The fourth-order valence-corrected chi connectivity index (χ4v) is 2.90. The Hall–Kier alpha value is -1.06. The van der Waals surface area contributed by atoms with E-state index in [0.29, 0.717) is 5.92 Å². The molecule has 2 aliphatic rings. The zero-order valence-corrected chi connectivity index (χ0v) is 11.2. The summed E-state index contributed by atoms with van der Waals surface area (Å²) in [7, 11) is 0. The summed E-state index contributed by atoms with van der Waals surface area (Å²) < 4.78 is 0. The highest BCUT2D eigenvalue weighted by Gasteiger charge is 2.50. The van der Waals surface area contributed by atoms with Crippen molar-refractivity contribution in [3.63, 3.8) is 0 Å². The van der Waals surface area contributed by atoms with Gasteiger partial charge in [0, 0.05) is 12.5 Å². The SMILES string of the molecule is CC1(C)CC1C(=O)NCC1CCC(C(=O)O)CC1. The van der Waals surface area contributed by atoms with E-state index < -0.39 is 5.97 Å². The molecule has 4 nitrogen and oxygen atoms in total. The number of amides is 1. The molecule has 4 heteroatoms. The smallest absolute Gasteiger partial charge is 0.306 e. The van der Waals surface area contributed by atoms with Crippen LogP contribution in [0.2, 0.25) is 0 Å². The van der Waals surface area contributed by atoms with E-state index in [9.17, 15) is 9.59 Å². The van der Waals surface area contributed by atoms with Crippen molar-refractivity contribution in [1.82, 2.24) is 5.32 Å². The number of carboxylic acids is 1. The first-order chi connectivity index (χ1) is 8.40. The number of carbonyl (C=O) groups excluding carboxylic acids is 1. The third-order valence-corrected chi connectivity index (χ3v) is 4.59. The average Bonchev–Trinajstić information content (AvgIpc) is 2.96. The molecule has 0 aromatic rings. The predicted molar refractivity (Wildman–Crippen MR) is 68.0 cm³/mol. The Labute approximate surface area is 108 Å². The van der Waals surface area contributed by atoms with Gasteiger partial charge in [0.1, 0.15) is 0 Å². The zero-order valence-electron chi connectivity index (χ0n) is 11.2. The topological polar surface area (TPSA) is 66.4 Å². The maximum absolute atomic E-state index is 11.8. The molecule has 0 saturated heterocycles. The normalized spacial score (nSPS) is 33.8. The highest BCUT2D eigenvalue weighted by atomic mass is 16.4. The molecule has 1 amide bonds. The number of rotatable bonds is 4. The van der Waals surface area contributed by atoms with Crippen molar-refractivity contribution in [2.24, 2.45) is 23.2 Å². The van der Waals surface area contributed by atoms with Crippen LogP contribution in [0.5, 0.6) is 0 Å². The lowest BCUT2D eigenvalue weighted by Crippen LogP contribution is -2.33. The summed E-state index contributed by atoms with van der Waals surface area (Å²) in [6.07, 6.45) is 4.34. The summed E-state index contributed by atoms with van der Waals surface area (Å²) in [4.78, 5) is 22.7.